The van der Waals surface area contributed by atoms with Gasteiger partial charge in [0.05, 0.1) is 5.69 Å². The van der Waals surface area contributed by atoms with Crippen LogP contribution in [0.2, 0.25) is 0 Å². The predicted molar refractivity (Wildman–Crippen MR) is 97.3 cm³/mol. The first-order valence-electron chi connectivity index (χ1n) is 7.77. The van der Waals surface area contributed by atoms with E-state index in [4.69, 9.17) is 0 Å². The van der Waals surface area contributed by atoms with E-state index >= 15 is 0 Å². The molecule has 0 N–H and O–H groups in total. The summed E-state index contributed by atoms with van der Waals surface area (Å²) < 4.78 is 4.56. The third-order valence-corrected chi connectivity index (χ3v) is 5.09. The highest BCUT2D eigenvalue weighted by Crippen LogP contribution is 2.25. The molecule has 0 fully saturated rings. The van der Waals surface area contributed by atoms with Gasteiger partial charge in [-0.1, -0.05) is 30.0 Å². The molecule has 0 amide bonds. The van der Waals surface area contributed by atoms with E-state index in [0.29, 0.717) is 11.4 Å². The van der Waals surface area contributed by atoms with Gasteiger partial charge in [0.25, 0.3) is 5.56 Å². The zero-order valence-electron chi connectivity index (χ0n) is 14.6. The Morgan fingerprint density at radius 1 is 1.04 bits per heavy atom. The van der Waals surface area contributed by atoms with Crippen LogP contribution in [0, 0.1) is 13.8 Å². The molecule has 2 aromatic heterocycles. The highest BCUT2D eigenvalue weighted by molar-refractivity contribution is 7.98. The van der Waals surface area contributed by atoms with Crippen LogP contribution < -0.4 is 11.2 Å². The SMILES string of the molecule is Cc1ccccc1-n1c(C)nnc1SCc1cc(=O)n(C)c(=O)n1C. The summed E-state index contributed by atoms with van der Waals surface area (Å²) in [4.78, 5) is 23.9. The van der Waals surface area contributed by atoms with E-state index in [-0.39, 0.29) is 11.2 Å². The summed E-state index contributed by atoms with van der Waals surface area (Å²) in [5.41, 5.74) is 2.14. The third kappa shape index (κ3) is 3.17. The normalized spacial score (nSPS) is 11.0. The van der Waals surface area contributed by atoms with Gasteiger partial charge in [0.15, 0.2) is 5.16 Å². The molecule has 25 heavy (non-hydrogen) atoms. The maximum absolute atomic E-state index is 12.0. The summed E-state index contributed by atoms with van der Waals surface area (Å²) >= 11 is 1.44. The molecule has 0 atom stereocenters. The topological polar surface area (TPSA) is 74.7 Å². The van der Waals surface area contributed by atoms with Crippen molar-refractivity contribution in [2.24, 2.45) is 14.1 Å². The van der Waals surface area contributed by atoms with Gasteiger partial charge < -0.3 is 0 Å². The average molecular weight is 357 g/mol. The van der Waals surface area contributed by atoms with Gasteiger partial charge in [-0.15, -0.1) is 10.2 Å². The maximum Gasteiger partial charge on any atom is 0.330 e. The lowest BCUT2D eigenvalue weighted by Gasteiger charge is -2.12. The van der Waals surface area contributed by atoms with Crippen LogP contribution in [0.5, 0.6) is 0 Å². The van der Waals surface area contributed by atoms with Gasteiger partial charge in [0, 0.05) is 31.6 Å². The molecular weight excluding hydrogens is 338 g/mol. The molecule has 1 aromatic carbocycles. The van der Waals surface area contributed by atoms with Crippen molar-refractivity contribution in [3.8, 4) is 5.69 Å². The molecule has 8 heteroatoms. The number of rotatable bonds is 4. The predicted octanol–water partition coefficient (Wildman–Crippen LogP) is 1.57. The molecule has 0 radical (unpaired) electrons. The molecule has 3 aromatic rings. The minimum atomic E-state index is -0.334. The number of aromatic nitrogens is 5. The van der Waals surface area contributed by atoms with Crippen LogP contribution in [0.1, 0.15) is 17.1 Å². The summed E-state index contributed by atoms with van der Waals surface area (Å²) in [6, 6.07) is 9.50. The standard InChI is InChI=1S/C17H19N5O2S/c1-11-7-5-6-8-14(11)22-12(2)18-19-16(22)25-10-13-9-15(23)21(4)17(24)20(13)3/h5-9H,10H2,1-4H3. The molecule has 7 nitrogen and oxygen atoms in total. The summed E-state index contributed by atoms with van der Waals surface area (Å²) in [6.45, 7) is 3.94. The number of nitrogens with zero attached hydrogens (tertiary/aromatic N) is 5. The van der Waals surface area contributed by atoms with Crippen LogP contribution >= 0.6 is 11.8 Å². The zero-order chi connectivity index (χ0) is 18.1. The van der Waals surface area contributed by atoms with Crippen LogP contribution in [-0.2, 0) is 19.8 Å². The molecule has 2 heterocycles. The van der Waals surface area contributed by atoms with Gasteiger partial charge in [-0.2, -0.15) is 0 Å². The fourth-order valence-corrected chi connectivity index (χ4v) is 3.60. The molecule has 0 saturated carbocycles. The first kappa shape index (κ1) is 17.2. The minimum absolute atomic E-state index is 0.310. The number of hydrogen-bond acceptors (Lipinski definition) is 5. The second-order valence-corrected chi connectivity index (χ2v) is 6.76. The van der Waals surface area contributed by atoms with Crippen molar-refractivity contribution in [1.29, 1.82) is 0 Å². The quantitative estimate of drug-likeness (QED) is 0.663. The smallest absolute Gasteiger partial charge is 0.300 e. The van der Waals surface area contributed by atoms with E-state index in [9.17, 15) is 9.59 Å². The lowest BCUT2D eigenvalue weighted by Crippen LogP contribution is -2.37. The number of thioether (sulfide) groups is 1. The molecule has 0 spiro atoms. The van der Waals surface area contributed by atoms with Gasteiger partial charge in [0.1, 0.15) is 5.82 Å². The van der Waals surface area contributed by atoms with Gasteiger partial charge in [-0.05, 0) is 25.5 Å². The second-order valence-electron chi connectivity index (χ2n) is 5.81. The van der Waals surface area contributed by atoms with E-state index in [1.54, 1.807) is 7.05 Å². The second kappa shape index (κ2) is 6.72. The Labute approximate surface area is 149 Å². The molecule has 130 valence electrons. The van der Waals surface area contributed by atoms with Gasteiger partial charge in [0.2, 0.25) is 0 Å². The Bertz CT molecular complexity index is 1050. The van der Waals surface area contributed by atoms with E-state index in [0.717, 1.165) is 26.8 Å². The Morgan fingerprint density at radius 3 is 2.48 bits per heavy atom. The molecule has 0 aliphatic rings. The van der Waals surface area contributed by atoms with E-state index in [1.807, 2.05) is 42.7 Å². The Balaban J connectivity index is 1.96. The average Bonchev–Trinajstić information content (AvgIpc) is 2.96. The van der Waals surface area contributed by atoms with E-state index in [2.05, 4.69) is 10.2 Å². The number of hydrogen-bond donors (Lipinski definition) is 0. The van der Waals surface area contributed by atoms with E-state index in [1.165, 1.54) is 29.4 Å². The van der Waals surface area contributed by atoms with Gasteiger partial charge in [-0.25, -0.2) is 4.79 Å². The summed E-state index contributed by atoms with van der Waals surface area (Å²) in [7, 11) is 3.13. The van der Waals surface area contributed by atoms with Gasteiger partial charge >= 0.3 is 5.69 Å². The first-order valence-corrected chi connectivity index (χ1v) is 8.75. The maximum atomic E-state index is 12.0. The van der Waals surface area contributed by atoms with Crippen molar-refractivity contribution in [3.05, 3.63) is 68.3 Å². The fourth-order valence-electron chi connectivity index (χ4n) is 2.58. The van der Waals surface area contributed by atoms with Crippen molar-refractivity contribution < 1.29 is 0 Å². The lowest BCUT2D eigenvalue weighted by molar-refractivity contribution is 0.664. The Hall–Kier alpha value is -2.61. The number of benzene rings is 1. The molecular formula is C17H19N5O2S. The number of aryl methyl sites for hydroxylation is 2. The van der Waals surface area contributed by atoms with Crippen molar-refractivity contribution in [2.45, 2.75) is 24.8 Å². The van der Waals surface area contributed by atoms with Crippen molar-refractivity contribution >= 4 is 11.8 Å². The van der Waals surface area contributed by atoms with Crippen LogP contribution in [0.25, 0.3) is 5.69 Å². The summed E-state index contributed by atoms with van der Waals surface area (Å²) in [5.74, 6) is 1.24. The van der Waals surface area contributed by atoms with Crippen LogP contribution in [0.3, 0.4) is 0 Å². The van der Waals surface area contributed by atoms with Gasteiger partial charge in [-0.3, -0.25) is 18.5 Å². The van der Waals surface area contributed by atoms with Crippen molar-refractivity contribution in [1.82, 2.24) is 23.9 Å². The summed E-state index contributed by atoms with van der Waals surface area (Å²) in [5, 5.41) is 9.14. The molecule has 0 aliphatic carbocycles. The van der Waals surface area contributed by atoms with E-state index < -0.39 is 0 Å². The largest absolute Gasteiger partial charge is 0.330 e. The van der Waals surface area contributed by atoms with Crippen molar-refractivity contribution in [3.63, 3.8) is 0 Å². The highest BCUT2D eigenvalue weighted by Gasteiger charge is 2.14. The highest BCUT2D eigenvalue weighted by atomic mass is 32.2. The Morgan fingerprint density at radius 2 is 1.76 bits per heavy atom. The van der Waals surface area contributed by atoms with Crippen LogP contribution in [-0.4, -0.2) is 23.9 Å². The van der Waals surface area contributed by atoms with Crippen LogP contribution in [0.4, 0.5) is 0 Å². The molecule has 0 saturated heterocycles. The first-order chi connectivity index (χ1) is 11.9. The van der Waals surface area contributed by atoms with Crippen molar-refractivity contribution in [2.75, 3.05) is 0 Å². The van der Waals surface area contributed by atoms with Crippen LogP contribution in [0.15, 0.2) is 45.1 Å². The fraction of sp³-hybridized carbons (Fsp3) is 0.294. The lowest BCUT2D eigenvalue weighted by atomic mass is 10.2. The Kier molecular flexibility index (Phi) is 4.63. The summed E-state index contributed by atoms with van der Waals surface area (Å²) in [6.07, 6.45) is 0. The molecule has 0 bridgehead atoms. The minimum Gasteiger partial charge on any atom is -0.300 e. The third-order valence-electron chi connectivity index (χ3n) is 4.13. The zero-order valence-corrected chi connectivity index (χ0v) is 15.4. The molecule has 0 aliphatic heterocycles. The molecule has 3 rings (SSSR count). The molecule has 0 unspecified atom stereocenters. The number of para-hydroxylation sites is 1. The monoisotopic (exact) mass is 357 g/mol.